The van der Waals surface area contributed by atoms with E-state index in [4.69, 9.17) is 20.9 Å². The molecule has 1 aromatic carbocycles. The Morgan fingerprint density at radius 1 is 1.00 bits per heavy atom. The maximum absolute atomic E-state index is 5.69. The van der Waals surface area contributed by atoms with Gasteiger partial charge in [-0.15, -0.1) is 0 Å². The number of benzene rings is 1. The minimum Gasteiger partial charge on any atom is -0.475 e. The van der Waals surface area contributed by atoms with Gasteiger partial charge in [0, 0.05) is 6.07 Å². The van der Waals surface area contributed by atoms with Crippen molar-refractivity contribution in [2.75, 3.05) is 0 Å². The van der Waals surface area contributed by atoms with Gasteiger partial charge in [0.1, 0.15) is 24.0 Å². The van der Waals surface area contributed by atoms with Crippen molar-refractivity contribution in [2.45, 2.75) is 39.1 Å². The van der Waals surface area contributed by atoms with Crippen LogP contribution < -0.4 is 20.9 Å². The Hall–Kier alpha value is -1.26. The van der Waals surface area contributed by atoms with Crippen molar-refractivity contribution in [3.63, 3.8) is 0 Å². The van der Waals surface area contributed by atoms with Gasteiger partial charge in [-0.25, -0.2) is 0 Å². The van der Waals surface area contributed by atoms with Gasteiger partial charge < -0.3 is 9.47 Å². The van der Waals surface area contributed by atoms with Crippen LogP contribution in [-0.4, -0.2) is 12.5 Å². The molecule has 0 heterocycles. The SMILES string of the molecule is CCC(N)Oc1cccc(OC(N)CC)c1. The van der Waals surface area contributed by atoms with Gasteiger partial charge in [0.2, 0.25) is 0 Å². The van der Waals surface area contributed by atoms with Crippen LogP contribution in [0.3, 0.4) is 0 Å². The molecule has 90 valence electrons. The van der Waals surface area contributed by atoms with Crippen LogP contribution in [0.1, 0.15) is 26.7 Å². The fraction of sp³-hybridized carbons (Fsp3) is 0.500. The first-order chi connectivity index (χ1) is 7.65. The van der Waals surface area contributed by atoms with Gasteiger partial charge in [-0.1, -0.05) is 19.9 Å². The number of ether oxygens (including phenoxy) is 2. The van der Waals surface area contributed by atoms with Crippen molar-refractivity contribution >= 4 is 0 Å². The fourth-order valence-corrected chi connectivity index (χ4v) is 1.14. The average Bonchev–Trinajstić information content (AvgIpc) is 2.29. The second kappa shape index (κ2) is 6.35. The quantitative estimate of drug-likeness (QED) is 0.723. The molecule has 0 spiro atoms. The zero-order chi connectivity index (χ0) is 12.0. The van der Waals surface area contributed by atoms with Crippen LogP contribution in [0.25, 0.3) is 0 Å². The average molecular weight is 224 g/mol. The lowest BCUT2D eigenvalue weighted by atomic mass is 10.3. The smallest absolute Gasteiger partial charge is 0.147 e. The van der Waals surface area contributed by atoms with E-state index in [-0.39, 0.29) is 12.5 Å². The molecule has 0 aliphatic heterocycles. The van der Waals surface area contributed by atoms with Crippen molar-refractivity contribution < 1.29 is 9.47 Å². The molecule has 0 aliphatic carbocycles. The van der Waals surface area contributed by atoms with E-state index in [0.717, 1.165) is 12.8 Å². The summed E-state index contributed by atoms with van der Waals surface area (Å²) in [5, 5.41) is 0. The summed E-state index contributed by atoms with van der Waals surface area (Å²) in [5.74, 6) is 1.41. The maximum atomic E-state index is 5.69. The van der Waals surface area contributed by atoms with Gasteiger partial charge >= 0.3 is 0 Å². The van der Waals surface area contributed by atoms with Crippen molar-refractivity contribution in [1.82, 2.24) is 0 Å². The summed E-state index contributed by atoms with van der Waals surface area (Å²) in [6, 6.07) is 7.35. The second-order valence-corrected chi connectivity index (χ2v) is 3.60. The first kappa shape index (κ1) is 12.8. The molecule has 4 heteroatoms. The molecule has 4 nitrogen and oxygen atoms in total. The highest BCUT2D eigenvalue weighted by molar-refractivity contribution is 5.33. The summed E-state index contributed by atoms with van der Waals surface area (Å²) < 4.78 is 11.0. The maximum Gasteiger partial charge on any atom is 0.147 e. The van der Waals surface area contributed by atoms with E-state index in [2.05, 4.69) is 0 Å². The Morgan fingerprint density at radius 3 is 1.81 bits per heavy atom. The van der Waals surface area contributed by atoms with Crippen LogP contribution in [0.4, 0.5) is 0 Å². The molecule has 0 bridgehead atoms. The molecule has 0 aromatic heterocycles. The molecule has 0 fully saturated rings. The number of nitrogens with two attached hydrogens (primary N) is 2. The molecule has 2 atom stereocenters. The van der Waals surface area contributed by atoms with Gasteiger partial charge in [0.25, 0.3) is 0 Å². The first-order valence-corrected chi connectivity index (χ1v) is 5.60. The van der Waals surface area contributed by atoms with E-state index in [1.807, 2.05) is 32.0 Å². The molecule has 0 radical (unpaired) electrons. The fourth-order valence-electron chi connectivity index (χ4n) is 1.14. The Balaban J connectivity index is 2.63. The highest BCUT2D eigenvalue weighted by atomic mass is 16.5. The molecule has 2 unspecified atom stereocenters. The molecule has 0 amide bonds. The summed E-state index contributed by atoms with van der Waals surface area (Å²) in [6.07, 6.45) is 0.962. The van der Waals surface area contributed by atoms with Gasteiger partial charge in [-0.2, -0.15) is 0 Å². The summed E-state index contributed by atoms with van der Waals surface area (Å²) in [7, 11) is 0. The minimum absolute atomic E-state index is 0.282. The van der Waals surface area contributed by atoms with E-state index in [0.29, 0.717) is 11.5 Å². The van der Waals surface area contributed by atoms with Gasteiger partial charge in [-0.05, 0) is 25.0 Å². The van der Waals surface area contributed by atoms with Crippen LogP contribution in [0.5, 0.6) is 11.5 Å². The third-order valence-corrected chi connectivity index (χ3v) is 2.19. The van der Waals surface area contributed by atoms with E-state index in [1.54, 1.807) is 6.07 Å². The van der Waals surface area contributed by atoms with Crippen LogP contribution in [-0.2, 0) is 0 Å². The van der Waals surface area contributed by atoms with Crippen molar-refractivity contribution in [3.8, 4) is 11.5 Å². The zero-order valence-corrected chi connectivity index (χ0v) is 9.85. The van der Waals surface area contributed by atoms with Gasteiger partial charge in [0.15, 0.2) is 0 Å². The van der Waals surface area contributed by atoms with Crippen molar-refractivity contribution in [1.29, 1.82) is 0 Å². The first-order valence-electron chi connectivity index (χ1n) is 5.60. The number of hydrogen-bond acceptors (Lipinski definition) is 4. The highest BCUT2D eigenvalue weighted by Gasteiger charge is 2.05. The van der Waals surface area contributed by atoms with E-state index < -0.39 is 0 Å². The predicted molar refractivity (Wildman–Crippen MR) is 64.2 cm³/mol. The normalized spacial score (nSPS) is 14.2. The Morgan fingerprint density at radius 2 is 1.44 bits per heavy atom. The summed E-state index contributed by atoms with van der Waals surface area (Å²) in [4.78, 5) is 0. The summed E-state index contributed by atoms with van der Waals surface area (Å²) in [6.45, 7) is 3.94. The molecule has 0 saturated carbocycles. The minimum atomic E-state index is -0.282. The Labute approximate surface area is 96.5 Å². The molecule has 4 N–H and O–H groups in total. The highest BCUT2D eigenvalue weighted by Crippen LogP contribution is 2.21. The number of rotatable bonds is 6. The van der Waals surface area contributed by atoms with Crippen LogP contribution in [0, 0.1) is 0 Å². The molecule has 1 rings (SSSR count). The largest absolute Gasteiger partial charge is 0.475 e. The van der Waals surface area contributed by atoms with Crippen molar-refractivity contribution in [2.24, 2.45) is 11.5 Å². The Kier molecular flexibility index (Phi) is 5.08. The molecular formula is C12H20N2O2. The van der Waals surface area contributed by atoms with Crippen molar-refractivity contribution in [3.05, 3.63) is 24.3 Å². The number of hydrogen-bond donors (Lipinski definition) is 2. The summed E-state index contributed by atoms with van der Waals surface area (Å²) >= 11 is 0. The van der Waals surface area contributed by atoms with E-state index >= 15 is 0 Å². The molecule has 0 aliphatic rings. The van der Waals surface area contributed by atoms with Gasteiger partial charge in [0.05, 0.1) is 0 Å². The lowest BCUT2D eigenvalue weighted by Gasteiger charge is -2.15. The molecule has 16 heavy (non-hydrogen) atoms. The van der Waals surface area contributed by atoms with E-state index in [9.17, 15) is 0 Å². The van der Waals surface area contributed by atoms with Crippen LogP contribution >= 0.6 is 0 Å². The zero-order valence-electron chi connectivity index (χ0n) is 9.85. The third kappa shape index (κ3) is 4.08. The lowest BCUT2D eigenvalue weighted by Crippen LogP contribution is -2.26. The van der Waals surface area contributed by atoms with Crippen LogP contribution in [0.15, 0.2) is 24.3 Å². The standard InChI is InChI=1S/C12H20N2O2/c1-3-11(13)15-9-6-5-7-10(8-9)16-12(14)4-2/h5-8,11-12H,3-4,13-14H2,1-2H3. The molecule has 0 saturated heterocycles. The monoisotopic (exact) mass is 224 g/mol. The lowest BCUT2D eigenvalue weighted by molar-refractivity contribution is 0.193. The van der Waals surface area contributed by atoms with Gasteiger partial charge in [-0.3, -0.25) is 11.5 Å². The van der Waals surface area contributed by atoms with Crippen LogP contribution in [0.2, 0.25) is 0 Å². The van der Waals surface area contributed by atoms with E-state index in [1.165, 1.54) is 0 Å². The third-order valence-electron chi connectivity index (χ3n) is 2.19. The molecule has 1 aromatic rings. The second-order valence-electron chi connectivity index (χ2n) is 3.60. The topological polar surface area (TPSA) is 70.5 Å². The predicted octanol–water partition coefficient (Wildman–Crippen LogP) is 1.83. The molecular weight excluding hydrogens is 204 g/mol. The Bertz CT molecular complexity index is 290. The summed E-state index contributed by atoms with van der Waals surface area (Å²) in [5.41, 5.74) is 11.4.